The van der Waals surface area contributed by atoms with Crippen molar-refractivity contribution in [2.45, 2.75) is 31.2 Å². The highest BCUT2D eigenvalue weighted by molar-refractivity contribution is 7.93. The van der Waals surface area contributed by atoms with Gasteiger partial charge in [-0.3, -0.25) is 4.31 Å². The molecule has 0 bridgehead atoms. The van der Waals surface area contributed by atoms with Crippen LogP contribution in [-0.2, 0) is 16.4 Å². The minimum atomic E-state index is -3.78. The Labute approximate surface area is 163 Å². The fourth-order valence-corrected chi connectivity index (χ4v) is 6.04. The highest BCUT2D eigenvalue weighted by atomic mass is 32.2. The van der Waals surface area contributed by atoms with Gasteiger partial charge in [-0.05, 0) is 50.1 Å². The lowest BCUT2D eigenvalue weighted by molar-refractivity contribution is 0.402. The smallest absolute Gasteiger partial charge is 0.268 e. The molecule has 1 aromatic heterocycles. The molecular formula is C20H20N2O3S2. The van der Waals surface area contributed by atoms with E-state index in [0.717, 1.165) is 27.5 Å². The Morgan fingerprint density at radius 2 is 2.00 bits per heavy atom. The second kappa shape index (κ2) is 6.65. The maximum Gasteiger partial charge on any atom is 0.268 e. The van der Waals surface area contributed by atoms with Crippen molar-refractivity contribution in [2.75, 3.05) is 11.4 Å². The summed E-state index contributed by atoms with van der Waals surface area (Å²) in [6.45, 7) is 3.86. The van der Waals surface area contributed by atoms with E-state index in [4.69, 9.17) is 4.74 Å². The van der Waals surface area contributed by atoms with Crippen molar-refractivity contribution in [1.29, 1.82) is 0 Å². The Kier molecular flexibility index (Phi) is 4.44. The molecule has 0 aliphatic carbocycles. The predicted octanol–water partition coefficient (Wildman–Crippen LogP) is 4.27. The molecule has 0 amide bonds. The van der Waals surface area contributed by atoms with E-state index in [2.05, 4.69) is 4.98 Å². The lowest BCUT2D eigenvalue weighted by Gasteiger charge is -2.25. The van der Waals surface area contributed by atoms with Gasteiger partial charge in [-0.2, -0.15) is 0 Å². The number of methoxy groups -OCH3 is 1. The van der Waals surface area contributed by atoms with Crippen molar-refractivity contribution >= 4 is 27.0 Å². The van der Waals surface area contributed by atoms with Crippen LogP contribution in [-0.4, -0.2) is 26.6 Å². The minimum Gasteiger partial charge on any atom is -0.495 e. The molecule has 7 heteroatoms. The van der Waals surface area contributed by atoms with Gasteiger partial charge in [-0.25, -0.2) is 13.4 Å². The third-order valence-corrected chi connectivity index (χ3v) is 7.48. The number of ether oxygens (including phenoxy) is 1. The van der Waals surface area contributed by atoms with Crippen LogP contribution in [0.3, 0.4) is 0 Å². The molecule has 4 rings (SSSR count). The predicted molar refractivity (Wildman–Crippen MR) is 108 cm³/mol. The van der Waals surface area contributed by atoms with Crippen LogP contribution in [0.15, 0.2) is 52.7 Å². The normalized spacial score (nSPS) is 16.4. The maximum atomic E-state index is 13.6. The highest BCUT2D eigenvalue weighted by Crippen LogP contribution is 2.40. The number of thiazole rings is 1. The number of para-hydroxylation sites is 1. The van der Waals surface area contributed by atoms with Crippen LogP contribution in [0.4, 0.5) is 5.69 Å². The largest absolute Gasteiger partial charge is 0.495 e. The number of aryl methyl sites for hydroxylation is 1. The molecule has 27 heavy (non-hydrogen) atoms. The van der Waals surface area contributed by atoms with Crippen molar-refractivity contribution in [1.82, 2.24) is 4.98 Å². The second-order valence-electron chi connectivity index (χ2n) is 6.60. The third-order valence-electron chi connectivity index (χ3n) is 4.76. The molecule has 5 nitrogen and oxygen atoms in total. The molecule has 0 fully saturated rings. The zero-order valence-corrected chi connectivity index (χ0v) is 17.0. The monoisotopic (exact) mass is 400 g/mol. The summed E-state index contributed by atoms with van der Waals surface area (Å²) in [4.78, 5) is 4.64. The number of benzene rings is 2. The quantitative estimate of drug-likeness (QED) is 0.656. The van der Waals surface area contributed by atoms with E-state index in [9.17, 15) is 8.42 Å². The van der Waals surface area contributed by atoms with Crippen molar-refractivity contribution in [3.8, 4) is 17.0 Å². The molecule has 1 unspecified atom stereocenters. The number of fused-ring (bicyclic) bond motifs is 1. The van der Waals surface area contributed by atoms with Crippen molar-refractivity contribution in [3.05, 3.63) is 58.4 Å². The Bertz CT molecular complexity index is 1110. The van der Waals surface area contributed by atoms with Gasteiger partial charge >= 0.3 is 0 Å². The molecule has 1 aliphatic heterocycles. The Morgan fingerprint density at radius 1 is 1.22 bits per heavy atom. The molecule has 0 N–H and O–H groups in total. The summed E-state index contributed by atoms with van der Waals surface area (Å²) >= 11 is 1.54. The first-order valence-corrected chi connectivity index (χ1v) is 11.0. The maximum absolute atomic E-state index is 13.6. The Morgan fingerprint density at radius 3 is 2.70 bits per heavy atom. The van der Waals surface area contributed by atoms with Crippen molar-refractivity contribution in [2.24, 2.45) is 0 Å². The Balaban J connectivity index is 1.86. The number of anilines is 1. The van der Waals surface area contributed by atoms with Crippen LogP contribution in [0.1, 0.15) is 17.5 Å². The highest BCUT2D eigenvalue weighted by Gasteiger charge is 2.37. The van der Waals surface area contributed by atoms with Crippen LogP contribution in [0, 0.1) is 6.92 Å². The summed E-state index contributed by atoms with van der Waals surface area (Å²) in [5.74, 6) is 0.335. The SMILES string of the molecule is COc1ccc(-c2csc(C)n2)cc1S(=O)(=O)N1c2ccccc2CC1C. The number of hydrogen-bond acceptors (Lipinski definition) is 5. The van der Waals surface area contributed by atoms with E-state index in [1.807, 2.05) is 49.6 Å². The van der Waals surface area contributed by atoms with Gasteiger partial charge in [0, 0.05) is 17.0 Å². The van der Waals surface area contributed by atoms with Crippen LogP contribution >= 0.6 is 11.3 Å². The molecule has 1 aliphatic rings. The molecule has 0 saturated carbocycles. The molecule has 2 heterocycles. The van der Waals surface area contributed by atoms with Gasteiger partial charge in [-0.1, -0.05) is 18.2 Å². The number of sulfonamides is 1. The first kappa shape index (κ1) is 18.0. The third kappa shape index (κ3) is 3.00. The van der Waals surface area contributed by atoms with E-state index in [1.165, 1.54) is 22.8 Å². The van der Waals surface area contributed by atoms with Gasteiger partial charge in [-0.15, -0.1) is 11.3 Å². The summed E-state index contributed by atoms with van der Waals surface area (Å²) in [6, 6.07) is 12.7. The molecular weight excluding hydrogens is 380 g/mol. The van der Waals surface area contributed by atoms with Crippen molar-refractivity contribution in [3.63, 3.8) is 0 Å². The molecule has 3 aromatic rings. The molecule has 1 atom stereocenters. The van der Waals surface area contributed by atoms with Crippen LogP contribution in [0.25, 0.3) is 11.3 Å². The zero-order chi connectivity index (χ0) is 19.2. The minimum absolute atomic E-state index is 0.151. The summed E-state index contributed by atoms with van der Waals surface area (Å²) in [5, 5.41) is 2.87. The first-order valence-electron chi connectivity index (χ1n) is 8.64. The number of rotatable bonds is 4. The second-order valence-corrected chi connectivity index (χ2v) is 9.45. The van der Waals surface area contributed by atoms with E-state index in [0.29, 0.717) is 12.2 Å². The lowest BCUT2D eigenvalue weighted by atomic mass is 10.1. The van der Waals surface area contributed by atoms with Gasteiger partial charge < -0.3 is 4.74 Å². The van der Waals surface area contributed by atoms with E-state index in [-0.39, 0.29) is 10.9 Å². The Hall–Kier alpha value is -2.38. The number of aromatic nitrogens is 1. The summed E-state index contributed by atoms with van der Waals surface area (Å²) < 4.78 is 34.1. The van der Waals surface area contributed by atoms with Crippen molar-refractivity contribution < 1.29 is 13.2 Å². The van der Waals surface area contributed by atoms with Crippen LogP contribution in [0.2, 0.25) is 0 Å². The van der Waals surface area contributed by atoms with Gasteiger partial charge in [0.05, 0.1) is 23.5 Å². The fraction of sp³-hybridized carbons (Fsp3) is 0.250. The van der Waals surface area contributed by atoms with Crippen LogP contribution < -0.4 is 9.04 Å². The zero-order valence-electron chi connectivity index (χ0n) is 15.3. The average Bonchev–Trinajstić information content (AvgIpc) is 3.23. The average molecular weight is 401 g/mol. The van der Waals surface area contributed by atoms with E-state index in [1.54, 1.807) is 12.1 Å². The summed E-state index contributed by atoms with van der Waals surface area (Å²) in [6.07, 6.45) is 0.697. The van der Waals surface area contributed by atoms with E-state index < -0.39 is 10.0 Å². The number of nitrogens with zero attached hydrogens (tertiary/aromatic N) is 2. The first-order chi connectivity index (χ1) is 12.9. The molecule has 0 saturated heterocycles. The van der Waals surface area contributed by atoms with Gasteiger partial charge in [0.15, 0.2) is 0 Å². The molecule has 0 radical (unpaired) electrons. The summed E-state index contributed by atoms with van der Waals surface area (Å²) in [7, 11) is -2.30. The fourth-order valence-electron chi connectivity index (χ4n) is 3.54. The molecule has 140 valence electrons. The lowest BCUT2D eigenvalue weighted by Crippen LogP contribution is -2.35. The standard InChI is InChI=1S/C20H20N2O3S2/c1-13-10-16-6-4-5-7-18(16)22(13)27(23,24)20-11-15(8-9-19(20)25-3)17-12-26-14(2)21-17/h4-9,11-13H,10H2,1-3H3. The molecule has 2 aromatic carbocycles. The van der Waals surface area contributed by atoms with Crippen LogP contribution in [0.5, 0.6) is 5.75 Å². The number of hydrogen-bond donors (Lipinski definition) is 0. The topological polar surface area (TPSA) is 59.5 Å². The van der Waals surface area contributed by atoms with Gasteiger partial charge in [0.2, 0.25) is 0 Å². The van der Waals surface area contributed by atoms with Gasteiger partial charge in [0.25, 0.3) is 10.0 Å². The molecule has 0 spiro atoms. The van der Waals surface area contributed by atoms with Gasteiger partial charge in [0.1, 0.15) is 10.6 Å². The summed E-state index contributed by atoms with van der Waals surface area (Å²) in [5.41, 5.74) is 3.31. The van der Waals surface area contributed by atoms with E-state index >= 15 is 0 Å².